The number of thioether (sulfide) groups is 1. The Morgan fingerprint density at radius 1 is 1.15 bits per heavy atom. The van der Waals surface area contributed by atoms with Crippen molar-refractivity contribution in [2.45, 2.75) is 24.8 Å². The molecule has 1 heterocycles. The molecule has 0 saturated heterocycles. The van der Waals surface area contributed by atoms with Gasteiger partial charge >= 0.3 is 0 Å². The van der Waals surface area contributed by atoms with Gasteiger partial charge in [-0.3, -0.25) is 4.79 Å². The van der Waals surface area contributed by atoms with E-state index in [1.54, 1.807) is 26.0 Å². The number of thiazole rings is 1. The zero-order valence-electron chi connectivity index (χ0n) is 15.6. The van der Waals surface area contributed by atoms with Crippen LogP contribution in [0, 0.1) is 0 Å². The number of fused-ring (bicyclic) bond motifs is 1. The molecule has 0 bridgehead atoms. The summed E-state index contributed by atoms with van der Waals surface area (Å²) in [7, 11) is 3.30. The van der Waals surface area contributed by atoms with E-state index in [-0.39, 0.29) is 5.91 Å². The van der Waals surface area contributed by atoms with Crippen molar-refractivity contribution < 1.29 is 14.3 Å². The van der Waals surface area contributed by atoms with Crippen molar-refractivity contribution in [1.29, 1.82) is 0 Å². The molecule has 2 aromatic carbocycles. The Kier molecular flexibility index (Phi) is 6.58. The van der Waals surface area contributed by atoms with Crippen LogP contribution in [0.4, 0.5) is 0 Å². The van der Waals surface area contributed by atoms with Crippen molar-refractivity contribution in [3.63, 3.8) is 0 Å². The number of methoxy groups -OCH3 is 2. The average Bonchev–Trinajstić information content (AvgIpc) is 3.05. The Hall–Kier alpha value is -2.25. The second-order valence-electron chi connectivity index (χ2n) is 5.72. The molecule has 0 atom stereocenters. The van der Waals surface area contributed by atoms with Crippen molar-refractivity contribution in [3.05, 3.63) is 47.3 Å². The highest BCUT2D eigenvalue weighted by atomic mass is 32.2. The number of benzene rings is 2. The van der Waals surface area contributed by atoms with Crippen molar-refractivity contribution in [1.82, 2.24) is 4.57 Å². The fourth-order valence-electron chi connectivity index (χ4n) is 2.73. The van der Waals surface area contributed by atoms with Gasteiger partial charge in [0.05, 0.1) is 18.9 Å². The number of ether oxygens (including phenoxy) is 2. The van der Waals surface area contributed by atoms with Gasteiger partial charge in [0, 0.05) is 23.6 Å². The van der Waals surface area contributed by atoms with Gasteiger partial charge in [-0.05, 0) is 43.3 Å². The fourth-order valence-corrected chi connectivity index (χ4v) is 4.70. The van der Waals surface area contributed by atoms with Gasteiger partial charge < -0.3 is 14.0 Å². The van der Waals surface area contributed by atoms with E-state index in [1.807, 2.05) is 54.0 Å². The van der Waals surface area contributed by atoms with Gasteiger partial charge in [0.2, 0.25) is 5.91 Å². The SMILES string of the molecule is CCn1c(=NC(=O)CCSc2ccc(OC)cc2)sc2cccc(OC)c21. The van der Waals surface area contributed by atoms with Gasteiger partial charge in [-0.2, -0.15) is 4.99 Å². The minimum Gasteiger partial charge on any atom is -0.497 e. The summed E-state index contributed by atoms with van der Waals surface area (Å²) in [6, 6.07) is 13.7. The molecule has 0 saturated carbocycles. The van der Waals surface area contributed by atoms with Crippen LogP contribution in [-0.4, -0.2) is 30.4 Å². The Labute approximate surface area is 166 Å². The van der Waals surface area contributed by atoms with Gasteiger partial charge in [-0.1, -0.05) is 17.4 Å². The van der Waals surface area contributed by atoms with Crippen LogP contribution >= 0.6 is 23.1 Å². The van der Waals surface area contributed by atoms with Gasteiger partial charge in [-0.25, -0.2) is 0 Å². The molecule has 7 heteroatoms. The first kappa shape index (κ1) is 19.5. The third-order valence-corrected chi connectivity index (χ3v) is 6.12. The quantitative estimate of drug-likeness (QED) is 0.552. The highest BCUT2D eigenvalue weighted by molar-refractivity contribution is 7.99. The van der Waals surface area contributed by atoms with Crippen LogP contribution in [0.2, 0.25) is 0 Å². The molecule has 3 aromatic rings. The van der Waals surface area contributed by atoms with E-state index in [0.717, 1.165) is 38.0 Å². The first-order chi connectivity index (χ1) is 13.2. The molecule has 1 amide bonds. The monoisotopic (exact) mass is 402 g/mol. The van der Waals surface area contributed by atoms with Crippen LogP contribution < -0.4 is 14.3 Å². The van der Waals surface area contributed by atoms with E-state index in [0.29, 0.717) is 12.2 Å². The molecule has 142 valence electrons. The summed E-state index contributed by atoms with van der Waals surface area (Å²) in [6.45, 7) is 2.77. The minimum absolute atomic E-state index is 0.108. The second kappa shape index (κ2) is 9.10. The number of nitrogens with zero attached hydrogens (tertiary/aromatic N) is 2. The van der Waals surface area contributed by atoms with Crippen molar-refractivity contribution in [2.75, 3.05) is 20.0 Å². The number of carbonyl (C=O) groups is 1. The zero-order valence-corrected chi connectivity index (χ0v) is 17.2. The zero-order chi connectivity index (χ0) is 19.2. The molecule has 0 N–H and O–H groups in total. The molecule has 0 spiro atoms. The molecule has 0 fully saturated rings. The molecular formula is C20H22N2O3S2. The molecule has 5 nitrogen and oxygen atoms in total. The summed E-state index contributed by atoms with van der Waals surface area (Å²) in [4.78, 5) is 18.5. The number of para-hydroxylation sites is 1. The number of aromatic nitrogens is 1. The lowest BCUT2D eigenvalue weighted by Crippen LogP contribution is -2.16. The smallest absolute Gasteiger partial charge is 0.249 e. The van der Waals surface area contributed by atoms with Crippen LogP contribution in [0.25, 0.3) is 10.2 Å². The third kappa shape index (κ3) is 4.54. The second-order valence-corrected chi connectivity index (χ2v) is 7.89. The lowest BCUT2D eigenvalue weighted by Gasteiger charge is -2.05. The number of aryl methyl sites for hydroxylation is 1. The van der Waals surface area contributed by atoms with Crippen LogP contribution in [0.5, 0.6) is 11.5 Å². The average molecular weight is 403 g/mol. The molecule has 0 aliphatic heterocycles. The van der Waals surface area contributed by atoms with E-state index < -0.39 is 0 Å². The Bertz CT molecular complexity index is 991. The first-order valence-electron chi connectivity index (χ1n) is 8.67. The van der Waals surface area contributed by atoms with Gasteiger partial charge in [0.25, 0.3) is 0 Å². The molecule has 0 radical (unpaired) electrons. The fraction of sp³-hybridized carbons (Fsp3) is 0.300. The third-order valence-electron chi connectivity index (χ3n) is 4.06. The van der Waals surface area contributed by atoms with Gasteiger partial charge in [0.15, 0.2) is 4.80 Å². The Morgan fingerprint density at radius 2 is 1.93 bits per heavy atom. The van der Waals surface area contributed by atoms with E-state index in [9.17, 15) is 4.79 Å². The molecule has 1 aromatic heterocycles. The largest absolute Gasteiger partial charge is 0.497 e. The summed E-state index contributed by atoms with van der Waals surface area (Å²) in [5, 5.41) is 0. The number of rotatable bonds is 7. The standard InChI is InChI=1S/C20H22N2O3S2/c1-4-22-19-16(25-3)6-5-7-17(19)27-20(22)21-18(23)12-13-26-15-10-8-14(24-2)9-11-15/h5-11H,4,12-13H2,1-3H3. The van der Waals surface area contributed by atoms with E-state index in [4.69, 9.17) is 9.47 Å². The summed E-state index contributed by atoms with van der Waals surface area (Å²) >= 11 is 3.15. The minimum atomic E-state index is -0.108. The van der Waals surface area contributed by atoms with Crippen molar-refractivity contribution >= 4 is 39.2 Å². The lowest BCUT2D eigenvalue weighted by molar-refractivity contribution is -0.117. The van der Waals surface area contributed by atoms with Crippen LogP contribution in [0.15, 0.2) is 52.4 Å². The molecule has 0 aliphatic carbocycles. The van der Waals surface area contributed by atoms with Gasteiger partial charge in [-0.15, -0.1) is 11.8 Å². The maximum Gasteiger partial charge on any atom is 0.249 e. The predicted octanol–water partition coefficient (Wildman–Crippen LogP) is 4.35. The summed E-state index contributed by atoms with van der Waals surface area (Å²) in [6.07, 6.45) is 0.395. The van der Waals surface area contributed by atoms with Crippen molar-refractivity contribution in [2.24, 2.45) is 4.99 Å². The summed E-state index contributed by atoms with van der Waals surface area (Å²) in [5.74, 6) is 2.21. The molecule has 0 unspecified atom stereocenters. The molecule has 0 aliphatic rings. The first-order valence-corrected chi connectivity index (χ1v) is 10.5. The summed E-state index contributed by atoms with van der Waals surface area (Å²) in [5.41, 5.74) is 0.992. The maximum atomic E-state index is 12.4. The van der Waals surface area contributed by atoms with Gasteiger partial charge in [0.1, 0.15) is 17.0 Å². The highest BCUT2D eigenvalue weighted by Gasteiger charge is 2.11. The number of amides is 1. The van der Waals surface area contributed by atoms with Crippen molar-refractivity contribution in [3.8, 4) is 11.5 Å². The van der Waals surface area contributed by atoms with Crippen LogP contribution in [0.1, 0.15) is 13.3 Å². The Balaban J connectivity index is 1.73. The summed E-state index contributed by atoms with van der Waals surface area (Å²) < 4.78 is 13.7. The highest BCUT2D eigenvalue weighted by Crippen LogP contribution is 2.27. The molecule has 27 heavy (non-hydrogen) atoms. The topological polar surface area (TPSA) is 52.8 Å². The molecular weight excluding hydrogens is 380 g/mol. The van der Waals surface area contributed by atoms with E-state index >= 15 is 0 Å². The number of carbonyl (C=O) groups excluding carboxylic acids is 1. The number of hydrogen-bond donors (Lipinski definition) is 0. The normalized spacial score (nSPS) is 11.7. The lowest BCUT2D eigenvalue weighted by atomic mass is 10.3. The Morgan fingerprint density at radius 3 is 2.59 bits per heavy atom. The predicted molar refractivity (Wildman–Crippen MR) is 111 cm³/mol. The maximum absolute atomic E-state index is 12.4. The van der Waals surface area contributed by atoms with Crippen LogP contribution in [-0.2, 0) is 11.3 Å². The van der Waals surface area contributed by atoms with E-state index in [2.05, 4.69) is 4.99 Å². The number of hydrogen-bond acceptors (Lipinski definition) is 5. The van der Waals surface area contributed by atoms with E-state index in [1.165, 1.54) is 11.3 Å². The molecule has 3 rings (SSSR count). The van der Waals surface area contributed by atoms with Crippen LogP contribution in [0.3, 0.4) is 0 Å².